The van der Waals surface area contributed by atoms with Gasteiger partial charge in [-0.05, 0) is 38.9 Å². The number of rotatable bonds is 7. The zero-order valence-electron chi connectivity index (χ0n) is 13.9. The topological polar surface area (TPSA) is 58.4 Å². The van der Waals surface area contributed by atoms with E-state index in [-0.39, 0.29) is 11.9 Å². The van der Waals surface area contributed by atoms with E-state index in [1.807, 2.05) is 44.4 Å². The maximum atomic E-state index is 12.6. The number of nitrogens with one attached hydrogen (secondary N) is 1. The van der Waals surface area contributed by atoms with Crippen LogP contribution in [0.3, 0.4) is 0 Å². The Labute approximate surface area is 128 Å². The average Bonchev–Trinajstić information content (AvgIpc) is 2.38. The van der Waals surface area contributed by atoms with Crippen molar-refractivity contribution in [3.63, 3.8) is 0 Å². The molecule has 0 bridgehead atoms. The second kappa shape index (κ2) is 7.57. The Morgan fingerprint density at radius 3 is 2.33 bits per heavy atom. The van der Waals surface area contributed by atoms with Gasteiger partial charge in [-0.25, -0.2) is 0 Å². The molecule has 2 atom stereocenters. The highest BCUT2D eigenvalue weighted by molar-refractivity contribution is 5.87. The number of nitrogens with zero attached hydrogens (tertiary/aromatic N) is 1. The van der Waals surface area contributed by atoms with Crippen molar-refractivity contribution in [2.45, 2.75) is 38.8 Å². The summed E-state index contributed by atoms with van der Waals surface area (Å²) in [5.41, 5.74) is 6.08. The standard InChI is InChI=1S/C17H29N3O/c1-13(2)11-15(12-20(4)5)19-16(21)17(3,18)14-9-7-6-8-10-14/h6-10,13,15H,11-12,18H2,1-5H3,(H,19,21). The number of hydrogen-bond donors (Lipinski definition) is 2. The lowest BCUT2D eigenvalue weighted by molar-refractivity contribution is -0.127. The highest BCUT2D eigenvalue weighted by atomic mass is 16.2. The van der Waals surface area contributed by atoms with Gasteiger partial charge in [0.2, 0.25) is 5.91 Å². The smallest absolute Gasteiger partial charge is 0.244 e. The minimum Gasteiger partial charge on any atom is -0.350 e. The van der Waals surface area contributed by atoms with Crippen LogP contribution in [0.1, 0.15) is 32.8 Å². The summed E-state index contributed by atoms with van der Waals surface area (Å²) in [4.78, 5) is 14.7. The molecule has 1 aromatic carbocycles. The first-order valence-electron chi connectivity index (χ1n) is 7.53. The zero-order chi connectivity index (χ0) is 16.0. The summed E-state index contributed by atoms with van der Waals surface area (Å²) < 4.78 is 0. The lowest BCUT2D eigenvalue weighted by Gasteiger charge is -2.30. The Bertz CT molecular complexity index is 431. The summed E-state index contributed by atoms with van der Waals surface area (Å²) in [6.07, 6.45) is 0.939. The predicted molar refractivity (Wildman–Crippen MR) is 87.9 cm³/mol. The molecule has 4 nitrogen and oxygen atoms in total. The van der Waals surface area contributed by atoms with Crippen LogP contribution < -0.4 is 11.1 Å². The monoisotopic (exact) mass is 291 g/mol. The van der Waals surface area contributed by atoms with Crippen molar-refractivity contribution < 1.29 is 4.79 Å². The molecule has 1 amide bonds. The highest BCUT2D eigenvalue weighted by Gasteiger charge is 2.31. The minimum atomic E-state index is -1.01. The zero-order valence-corrected chi connectivity index (χ0v) is 13.9. The van der Waals surface area contributed by atoms with E-state index in [0.29, 0.717) is 5.92 Å². The van der Waals surface area contributed by atoms with Crippen LogP contribution in [0.15, 0.2) is 30.3 Å². The van der Waals surface area contributed by atoms with Gasteiger partial charge in [0, 0.05) is 12.6 Å². The van der Waals surface area contributed by atoms with Gasteiger partial charge in [-0.3, -0.25) is 4.79 Å². The molecule has 0 fully saturated rings. The predicted octanol–water partition coefficient (Wildman–Crippen LogP) is 1.95. The van der Waals surface area contributed by atoms with Crippen LogP contribution in [-0.2, 0) is 10.3 Å². The molecule has 118 valence electrons. The second-order valence-corrected chi connectivity index (χ2v) is 6.63. The van der Waals surface area contributed by atoms with Crippen LogP contribution >= 0.6 is 0 Å². The van der Waals surface area contributed by atoms with Crippen molar-refractivity contribution in [1.29, 1.82) is 0 Å². The molecule has 1 rings (SSSR count). The maximum absolute atomic E-state index is 12.6. The van der Waals surface area contributed by atoms with Gasteiger partial charge in [0.05, 0.1) is 0 Å². The van der Waals surface area contributed by atoms with Gasteiger partial charge in [-0.1, -0.05) is 44.2 Å². The van der Waals surface area contributed by atoms with Crippen LogP contribution in [0.25, 0.3) is 0 Å². The molecule has 0 aliphatic heterocycles. The number of carbonyl (C=O) groups excluding carboxylic acids is 1. The fourth-order valence-corrected chi connectivity index (χ4v) is 2.44. The van der Waals surface area contributed by atoms with E-state index in [1.54, 1.807) is 6.92 Å². The van der Waals surface area contributed by atoms with E-state index in [9.17, 15) is 4.79 Å². The van der Waals surface area contributed by atoms with E-state index < -0.39 is 5.54 Å². The Hall–Kier alpha value is -1.39. The highest BCUT2D eigenvalue weighted by Crippen LogP contribution is 2.18. The molecule has 0 saturated heterocycles. The summed E-state index contributed by atoms with van der Waals surface area (Å²) in [6, 6.07) is 9.62. The first-order valence-corrected chi connectivity index (χ1v) is 7.53. The molecule has 0 aromatic heterocycles. The maximum Gasteiger partial charge on any atom is 0.244 e. The Balaban J connectivity index is 2.80. The van der Waals surface area contributed by atoms with Gasteiger partial charge in [-0.15, -0.1) is 0 Å². The summed E-state index contributed by atoms with van der Waals surface area (Å²) in [5, 5.41) is 3.11. The average molecular weight is 291 g/mol. The number of likely N-dealkylation sites (N-methyl/N-ethyl adjacent to an activating group) is 1. The molecule has 0 aliphatic carbocycles. The van der Waals surface area contributed by atoms with Gasteiger partial charge in [-0.2, -0.15) is 0 Å². The van der Waals surface area contributed by atoms with Crippen molar-refractivity contribution in [1.82, 2.24) is 10.2 Å². The van der Waals surface area contributed by atoms with E-state index in [2.05, 4.69) is 24.1 Å². The third-order valence-corrected chi connectivity index (χ3v) is 3.52. The molecule has 0 heterocycles. The fourth-order valence-electron chi connectivity index (χ4n) is 2.44. The largest absolute Gasteiger partial charge is 0.350 e. The van der Waals surface area contributed by atoms with Crippen molar-refractivity contribution in [3.8, 4) is 0 Å². The lowest BCUT2D eigenvalue weighted by atomic mass is 9.91. The van der Waals surface area contributed by atoms with Crippen LogP contribution in [0.4, 0.5) is 0 Å². The van der Waals surface area contributed by atoms with Crippen molar-refractivity contribution in [2.75, 3.05) is 20.6 Å². The van der Waals surface area contributed by atoms with E-state index in [4.69, 9.17) is 5.73 Å². The third-order valence-electron chi connectivity index (χ3n) is 3.52. The first kappa shape index (κ1) is 17.7. The van der Waals surface area contributed by atoms with Crippen LogP contribution in [0.5, 0.6) is 0 Å². The number of nitrogens with two attached hydrogens (primary N) is 1. The van der Waals surface area contributed by atoms with Gasteiger partial charge < -0.3 is 16.0 Å². The Morgan fingerprint density at radius 2 is 1.86 bits per heavy atom. The molecule has 0 aliphatic rings. The molecule has 4 heteroatoms. The van der Waals surface area contributed by atoms with E-state index >= 15 is 0 Å². The normalized spacial score (nSPS) is 15.8. The van der Waals surface area contributed by atoms with Gasteiger partial charge >= 0.3 is 0 Å². The van der Waals surface area contributed by atoms with Crippen LogP contribution in [0.2, 0.25) is 0 Å². The molecule has 21 heavy (non-hydrogen) atoms. The van der Waals surface area contributed by atoms with Crippen molar-refractivity contribution in [3.05, 3.63) is 35.9 Å². The van der Waals surface area contributed by atoms with Crippen LogP contribution in [0, 0.1) is 5.92 Å². The van der Waals surface area contributed by atoms with Gasteiger partial charge in [0.25, 0.3) is 0 Å². The molecular formula is C17H29N3O. The molecular weight excluding hydrogens is 262 g/mol. The number of amides is 1. The number of benzene rings is 1. The molecule has 0 spiro atoms. The summed E-state index contributed by atoms with van der Waals surface area (Å²) in [6.45, 7) is 6.90. The second-order valence-electron chi connectivity index (χ2n) is 6.63. The minimum absolute atomic E-state index is 0.110. The molecule has 1 aromatic rings. The lowest BCUT2D eigenvalue weighted by Crippen LogP contribution is -2.54. The molecule has 0 saturated carbocycles. The van der Waals surface area contributed by atoms with E-state index in [0.717, 1.165) is 18.5 Å². The summed E-state index contributed by atoms with van der Waals surface area (Å²) in [7, 11) is 4.02. The van der Waals surface area contributed by atoms with Crippen molar-refractivity contribution in [2.24, 2.45) is 11.7 Å². The molecule has 0 radical (unpaired) electrons. The number of carbonyl (C=O) groups is 1. The van der Waals surface area contributed by atoms with Crippen molar-refractivity contribution >= 4 is 5.91 Å². The Kier molecular flexibility index (Phi) is 6.37. The SMILES string of the molecule is CC(C)CC(CN(C)C)NC(=O)C(C)(N)c1ccccc1. The summed E-state index contributed by atoms with van der Waals surface area (Å²) >= 11 is 0. The van der Waals surface area contributed by atoms with Gasteiger partial charge in [0.1, 0.15) is 5.54 Å². The Morgan fingerprint density at radius 1 is 1.29 bits per heavy atom. The van der Waals surface area contributed by atoms with E-state index in [1.165, 1.54) is 0 Å². The van der Waals surface area contributed by atoms with Crippen LogP contribution in [-0.4, -0.2) is 37.5 Å². The van der Waals surface area contributed by atoms with Gasteiger partial charge in [0.15, 0.2) is 0 Å². The third kappa shape index (κ3) is 5.48. The number of hydrogen-bond acceptors (Lipinski definition) is 3. The fraction of sp³-hybridized carbons (Fsp3) is 0.588. The quantitative estimate of drug-likeness (QED) is 0.807. The molecule has 3 N–H and O–H groups in total. The first-order chi connectivity index (χ1) is 9.73. The molecule has 2 unspecified atom stereocenters. The summed E-state index contributed by atoms with van der Waals surface area (Å²) in [5.74, 6) is 0.400.